The van der Waals surface area contributed by atoms with E-state index in [9.17, 15) is 24.0 Å². The van der Waals surface area contributed by atoms with Gasteiger partial charge in [-0.15, -0.1) is 0 Å². The van der Waals surface area contributed by atoms with Crippen molar-refractivity contribution in [1.29, 1.82) is 0 Å². The van der Waals surface area contributed by atoms with Crippen molar-refractivity contribution in [3.05, 3.63) is 60.4 Å². The Morgan fingerprint density at radius 2 is 1.86 bits per heavy atom. The van der Waals surface area contributed by atoms with Crippen LogP contribution in [-0.4, -0.2) is 169 Å². The standard InChI is InChI=1S/C51H71N9O9/c1-10-43(61)59-21-23-68-42-29-57(28-41(42)59)50(65)55(8)45(31(3)4)47(62)53-39-25-34-27-56(20-22-67-34)33-16-17-40-36(24-33)37(46(58(40)11-2)35-14-12-18-52-44(35)32(5)66-9)26-51(6,7)30-69-49(64)38-15-13-19-60(54-38)48(39)63/h10,12,14,16-18,24,31-32,34,38-39,41-42,45,54H,1,11,13,15,19-23,25-30H2,2-9H3,(H,53,62)/t32?,34-,38-,39-,41+,42-,45-/m0/s1. The van der Waals surface area contributed by atoms with Gasteiger partial charge in [-0.1, -0.05) is 34.3 Å². The maximum absolute atomic E-state index is 14.8. The predicted molar refractivity (Wildman–Crippen MR) is 260 cm³/mol. The number of morpholine rings is 2. The Hall–Kier alpha value is -5.56. The van der Waals surface area contributed by atoms with Crippen LogP contribution in [-0.2, 0) is 51.1 Å². The number of fused-ring (bicyclic) bond motifs is 7. The second-order valence-corrected chi connectivity index (χ2v) is 20.3. The number of hydrogen-bond donors (Lipinski definition) is 2. The van der Waals surface area contributed by atoms with Crippen molar-refractivity contribution < 1.29 is 42.9 Å². The summed E-state index contributed by atoms with van der Waals surface area (Å²) in [6.45, 7) is 19.6. The minimum atomic E-state index is -1.08. The number of esters is 1. The average Bonchev–Trinajstić information content (AvgIpc) is 3.93. The van der Waals surface area contributed by atoms with Gasteiger partial charge in [-0.05, 0) is 81.0 Å². The molecule has 0 spiro atoms. The molecule has 8 rings (SSSR count). The number of carbonyl (C=O) groups excluding carboxylic acids is 5. The molecule has 0 radical (unpaired) electrons. The first-order valence-corrected chi connectivity index (χ1v) is 24.6. The number of likely N-dealkylation sites (tertiary alicyclic amines) is 1. The summed E-state index contributed by atoms with van der Waals surface area (Å²) in [7, 11) is 3.28. The Labute approximate surface area is 405 Å². The first-order valence-electron chi connectivity index (χ1n) is 24.6. The van der Waals surface area contributed by atoms with Gasteiger partial charge < -0.3 is 48.4 Å². The monoisotopic (exact) mass is 954 g/mol. The van der Waals surface area contributed by atoms with Crippen LogP contribution in [0.5, 0.6) is 0 Å². The minimum absolute atomic E-state index is 0.133. The van der Waals surface area contributed by atoms with Gasteiger partial charge in [0.05, 0.1) is 62.1 Å². The van der Waals surface area contributed by atoms with Crippen LogP contribution in [0.3, 0.4) is 0 Å². The highest BCUT2D eigenvalue weighted by atomic mass is 16.5. The quantitative estimate of drug-likeness (QED) is 0.230. The smallest absolute Gasteiger partial charge is 0.324 e. The molecule has 2 aromatic heterocycles. The molecule has 3 aromatic rings. The number of benzene rings is 1. The maximum atomic E-state index is 14.8. The van der Waals surface area contributed by atoms with E-state index in [1.807, 2.05) is 26.8 Å². The van der Waals surface area contributed by atoms with E-state index in [1.54, 1.807) is 30.2 Å². The summed E-state index contributed by atoms with van der Waals surface area (Å²) >= 11 is 0. The van der Waals surface area contributed by atoms with Gasteiger partial charge in [0.2, 0.25) is 11.8 Å². The van der Waals surface area contributed by atoms with Gasteiger partial charge >= 0.3 is 12.0 Å². The number of hydrogen-bond acceptors (Lipinski definition) is 12. The van der Waals surface area contributed by atoms with Gasteiger partial charge in [0.15, 0.2) is 0 Å². The number of likely N-dealkylation sites (N-methyl/N-ethyl adjacent to an activating group) is 1. The van der Waals surface area contributed by atoms with Crippen molar-refractivity contribution in [3.63, 3.8) is 0 Å². The van der Waals surface area contributed by atoms with Crippen LogP contribution in [0, 0.1) is 11.3 Å². The normalized spacial score (nSPS) is 25.1. The molecule has 4 saturated heterocycles. The van der Waals surface area contributed by atoms with Gasteiger partial charge in [0, 0.05) is 93.6 Å². The molecule has 2 N–H and O–H groups in total. The summed E-state index contributed by atoms with van der Waals surface area (Å²) in [5.74, 6) is -1.93. The number of cyclic esters (lactones) is 1. The average molecular weight is 954 g/mol. The van der Waals surface area contributed by atoms with Crippen LogP contribution in [0.15, 0.2) is 49.2 Å². The maximum Gasteiger partial charge on any atom is 0.324 e. The van der Waals surface area contributed by atoms with Gasteiger partial charge in [-0.2, -0.15) is 0 Å². The molecule has 374 valence electrons. The third-order valence-corrected chi connectivity index (χ3v) is 14.6. The summed E-state index contributed by atoms with van der Waals surface area (Å²) < 4.78 is 26.7. The molecule has 7 heterocycles. The Bertz CT molecular complexity index is 2420. The van der Waals surface area contributed by atoms with Crippen LogP contribution in [0.2, 0.25) is 0 Å². The van der Waals surface area contributed by atoms with Crippen LogP contribution in [0.4, 0.5) is 10.5 Å². The van der Waals surface area contributed by atoms with Crippen molar-refractivity contribution in [1.82, 2.24) is 40.0 Å². The van der Waals surface area contributed by atoms with Crippen LogP contribution in [0.1, 0.15) is 78.2 Å². The van der Waals surface area contributed by atoms with Crippen molar-refractivity contribution in [2.24, 2.45) is 11.3 Å². The molecular weight excluding hydrogens is 883 g/mol. The fraction of sp³-hybridized carbons (Fsp3) is 0.608. The number of pyridine rings is 1. The number of methoxy groups -OCH3 is 1. The summed E-state index contributed by atoms with van der Waals surface area (Å²) in [6, 6.07) is 7.06. The molecule has 5 aliphatic heterocycles. The lowest BCUT2D eigenvalue weighted by atomic mass is 9.84. The van der Waals surface area contributed by atoms with Crippen molar-refractivity contribution in [3.8, 4) is 11.3 Å². The number of ether oxygens (including phenoxy) is 4. The number of anilines is 1. The fourth-order valence-corrected chi connectivity index (χ4v) is 11.0. The molecule has 1 aromatic carbocycles. The number of nitrogens with zero attached hydrogens (tertiary/aromatic N) is 7. The summed E-state index contributed by atoms with van der Waals surface area (Å²) in [5, 5.41) is 5.58. The van der Waals surface area contributed by atoms with E-state index >= 15 is 0 Å². The lowest BCUT2D eigenvalue weighted by Gasteiger charge is -2.39. The minimum Gasteiger partial charge on any atom is -0.464 e. The van der Waals surface area contributed by atoms with E-state index in [0.717, 1.165) is 39.1 Å². The summed E-state index contributed by atoms with van der Waals surface area (Å²) in [6.07, 6.45) is 3.71. The lowest BCUT2D eigenvalue weighted by molar-refractivity contribution is -0.156. The molecule has 0 saturated carbocycles. The molecule has 6 bridgehead atoms. The van der Waals surface area contributed by atoms with Gasteiger partial charge in [0.25, 0.3) is 5.91 Å². The summed E-state index contributed by atoms with van der Waals surface area (Å²) in [5.41, 5.74) is 8.72. The molecule has 18 nitrogen and oxygen atoms in total. The first kappa shape index (κ1) is 49.8. The highest BCUT2D eigenvalue weighted by Crippen LogP contribution is 2.42. The Kier molecular flexibility index (Phi) is 15.0. The number of aryl methyl sites for hydroxylation is 1. The fourth-order valence-electron chi connectivity index (χ4n) is 11.0. The molecule has 5 aliphatic rings. The van der Waals surface area contributed by atoms with E-state index in [0.29, 0.717) is 65.2 Å². The predicted octanol–water partition coefficient (Wildman–Crippen LogP) is 4.31. The Balaban J connectivity index is 1.11. The number of nitrogens with one attached hydrogen (secondary N) is 2. The summed E-state index contributed by atoms with van der Waals surface area (Å²) in [4.78, 5) is 82.2. The topological polar surface area (TPSA) is 180 Å². The van der Waals surface area contributed by atoms with E-state index < -0.39 is 47.4 Å². The third kappa shape index (κ3) is 10.2. The Morgan fingerprint density at radius 1 is 1.07 bits per heavy atom. The van der Waals surface area contributed by atoms with Crippen molar-refractivity contribution in [2.75, 3.05) is 78.1 Å². The highest BCUT2D eigenvalue weighted by molar-refractivity contribution is 5.95. The van der Waals surface area contributed by atoms with Crippen LogP contribution >= 0.6 is 0 Å². The zero-order valence-corrected chi connectivity index (χ0v) is 41.6. The third-order valence-electron chi connectivity index (χ3n) is 14.6. The second kappa shape index (κ2) is 20.8. The highest BCUT2D eigenvalue weighted by Gasteiger charge is 2.46. The number of carbonyl (C=O) groups is 5. The Morgan fingerprint density at radius 3 is 2.59 bits per heavy atom. The molecule has 69 heavy (non-hydrogen) atoms. The SMILES string of the molecule is C=CC(=O)N1CCO[C@H]2CN(C(=O)N(C)[C@H](C(=O)N[C@H]3C[C@H]4CN(CCO4)c4ccc5c(c4)c(c(-c4cccnc4C(C)OC)n5CC)CC(C)(C)COC(=O)[C@@H]4CCCN(N4)C3=O)C(C)C)C[C@H]21. The van der Waals surface area contributed by atoms with Crippen LogP contribution < -0.4 is 15.6 Å². The largest absolute Gasteiger partial charge is 0.464 e. The molecule has 1 unspecified atom stereocenters. The van der Waals surface area contributed by atoms with E-state index in [4.69, 9.17) is 23.9 Å². The first-order chi connectivity index (χ1) is 33.0. The zero-order valence-electron chi connectivity index (χ0n) is 41.6. The van der Waals surface area contributed by atoms with E-state index in [-0.39, 0.29) is 62.2 Å². The second-order valence-electron chi connectivity index (χ2n) is 20.3. The molecular formula is C51H71N9O9. The van der Waals surface area contributed by atoms with Crippen LogP contribution in [0.25, 0.3) is 22.2 Å². The van der Waals surface area contributed by atoms with Gasteiger partial charge in [-0.3, -0.25) is 29.2 Å². The number of amides is 5. The zero-order chi connectivity index (χ0) is 49.3. The van der Waals surface area contributed by atoms with Crippen molar-refractivity contribution in [2.45, 2.75) is 116 Å². The number of hydrazine groups is 1. The molecule has 0 aliphatic carbocycles. The van der Waals surface area contributed by atoms with Gasteiger partial charge in [-0.25, -0.2) is 10.2 Å². The van der Waals surface area contributed by atoms with Crippen molar-refractivity contribution >= 4 is 46.3 Å². The molecule has 18 heteroatoms. The number of aromatic nitrogens is 2. The number of urea groups is 1. The molecule has 4 fully saturated rings. The van der Waals surface area contributed by atoms with E-state index in [1.165, 1.54) is 16.0 Å². The number of rotatable bonds is 9. The lowest BCUT2D eigenvalue weighted by Crippen LogP contribution is -2.63. The molecule has 7 atom stereocenters. The molecule has 5 amide bonds. The van der Waals surface area contributed by atoms with Gasteiger partial charge in [0.1, 0.15) is 18.1 Å². The van der Waals surface area contributed by atoms with E-state index in [2.05, 4.69) is 71.8 Å².